The minimum absolute atomic E-state index is 0.264. The number of methoxy groups -OCH3 is 1. The van der Waals surface area contributed by atoms with Crippen molar-refractivity contribution in [3.8, 4) is 5.75 Å². The van der Waals surface area contributed by atoms with Gasteiger partial charge in [0.15, 0.2) is 0 Å². The van der Waals surface area contributed by atoms with Crippen LogP contribution in [-0.2, 0) is 9.53 Å². The molecule has 4 heteroatoms. The number of hydrogen-bond acceptors (Lipinski definition) is 4. The summed E-state index contributed by atoms with van der Waals surface area (Å²) in [5.74, 6) is 0.525. The molecule has 1 aliphatic carbocycles. The monoisotopic (exact) mass is 277 g/mol. The van der Waals surface area contributed by atoms with Crippen LogP contribution >= 0.6 is 0 Å². The summed E-state index contributed by atoms with van der Waals surface area (Å²) in [5, 5.41) is 3.32. The van der Waals surface area contributed by atoms with Gasteiger partial charge in [0.2, 0.25) is 0 Å². The van der Waals surface area contributed by atoms with Crippen molar-refractivity contribution in [3.63, 3.8) is 0 Å². The second-order valence-corrected chi connectivity index (χ2v) is 5.80. The molecule has 4 nitrogen and oxygen atoms in total. The average Bonchev–Trinajstić information content (AvgIpc) is 3.20. The lowest BCUT2D eigenvalue weighted by Crippen LogP contribution is -2.55. The van der Waals surface area contributed by atoms with E-state index in [1.165, 1.54) is 12.7 Å². The number of hydrogen-bond donors (Lipinski definition) is 1. The number of rotatable bonds is 6. The van der Waals surface area contributed by atoms with Crippen molar-refractivity contribution in [2.75, 3.05) is 13.7 Å². The van der Waals surface area contributed by atoms with Gasteiger partial charge in [0.05, 0.1) is 7.11 Å². The van der Waals surface area contributed by atoms with E-state index in [1.54, 1.807) is 0 Å². The number of carbonyl (C=O) groups is 1. The van der Waals surface area contributed by atoms with Crippen LogP contribution in [0.15, 0.2) is 18.2 Å². The Balaban J connectivity index is 2.05. The van der Waals surface area contributed by atoms with E-state index in [4.69, 9.17) is 9.47 Å². The molecule has 1 saturated carbocycles. The van der Waals surface area contributed by atoms with Crippen LogP contribution in [0, 0.1) is 13.8 Å². The Kier molecular flexibility index (Phi) is 4.33. The Bertz CT molecular complexity index is 496. The second kappa shape index (κ2) is 5.83. The highest BCUT2D eigenvalue weighted by Crippen LogP contribution is 2.25. The fourth-order valence-corrected chi connectivity index (χ4v) is 2.25. The van der Waals surface area contributed by atoms with E-state index in [1.807, 2.05) is 32.9 Å². The van der Waals surface area contributed by atoms with Crippen LogP contribution < -0.4 is 10.1 Å². The molecule has 1 aliphatic rings. The zero-order valence-electron chi connectivity index (χ0n) is 12.7. The van der Waals surface area contributed by atoms with Gasteiger partial charge >= 0.3 is 5.97 Å². The Labute approximate surface area is 120 Å². The summed E-state index contributed by atoms with van der Waals surface area (Å²) in [5.41, 5.74) is 1.47. The molecule has 1 aromatic carbocycles. The Hall–Kier alpha value is -1.55. The van der Waals surface area contributed by atoms with E-state index in [-0.39, 0.29) is 12.6 Å². The minimum Gasteiger partial charge on any atom is -0.491 e. The minimum atomic E-state index is -0.798. The van der Waals surface area contributed by atoms with Gasteiger partial charge in [0, 0.05) is 6.04 Å². The van der Waals surface area contributed by atoms with Gasteiger partial charge in [-0.2, -0.15) is 0 Å². The summed E-state index contributed by atoms with van der Waals surface area (Å²) in [6.07, 6.45) is 2.21. The van der Waals surface area contributed by atoms with Gasteiger partial charge in [-0.3, -0.25) is 5.32 Å². The topological polar surface area (TPSA) is 47.6 Å². The molecule has 1 aromatic rings. The fourth-order valence-electron chi connectivity index (χ4n) is 2.25. The van der Waals surface area contributed by atoms with Crippen molar-refractivity contribution >= 4 is 5.97 Å². The molecule has 110 valence electrons. The molecule has 1 unspecified atom stereocenters. The van der Waals surface area contributed by atoms with Crippen molar-refractivity contribution in [2.24, 2.45) is 0 Å². The fraction of sp³-hybridized carbons (Fsp3) is 0.562. The van der Waals surface area contributed by atoms with Crippen molar-refractivity contribution in [1.29, 1.82) is 0 Å². The predicted molar refractivity (Wildman–Crippen MR) is 78.0 cm³/mol. The maximum atomic E-state index is 12.0. The summed E-state index contributed by atoms with van der Waals surface area (Å²) >= 11 is 0. The maximum absolute atomic E-state index is 12.0. The molecule has 2 rings (SSSR count). The molecule has 0 aliphatic heterocycles. The molecule has 0 aromatic heterocycles. The molecule has 1 N–H and O–H groups in total. The first kappa shape index (κ1) is 14.9. The molecule has 0 spiro atoms. The third-order valence-corrected chi connectivity index (χ3v) is 3.58. The van der Waals surface area contributed by atoms with Gasteiger partial charge in [-0.05, 0) is 45.2 Å². The van der Waals surface area contributed by atoms with Crippen molar-refractivity contribution in [1.82, 2.24) is 5.32 Å². The standard InChI is InChI=1S/C16H23NO3/c1-11-5-8-14(12(2)9-11)20-10-16(3,15(18)19-4)17-13-6-7-13/h5,8-9,13,17H,6-7,10H2,1-4H3. The third-order valence-electron chi connectivity index (χ3n) is 3.58. The summed E-state index contributed by atoms with van der Waals surface area (Å²) in [4.78, 5) is 12.0. The molecule has 1 fully saturated rings. The lowest BCUT2D eigenvalue weighted by atomic mass is 10.0. The number of benzene rings is 1. The van der Waals surface area contributed by atoms with E-state index in [0.717, 1.165) is 24.2 Å². The average molecular weight is 277 g/mol. The number of carbonyl (C=O) groups excluding carboxylic acids is 1. The highest BCUT2D eigenvalue weighted by molar-refractivity contribution is 5.80. The van der Waals surface area contributed by atoms with Crippen LogP contribution in [0.5, 0.6) is 5.75 Å². The largest absolute Gasteiger partial charge is 0.491 e. The predicted octanol–water partition coefficient (Wildman–Crippen LogP) is 2.37. The Morgan fingerprint density at radius 2 is 2.10 bits per heavy atom. The Morgan fingerprint density at radius 3 is 2.65 bits per heavy atom. The van der Waals surface area contributed by atoms with E-state index in [2.05, 4.69) is 11.4 Å². The zero-order chi connectivity index (χ0) is 14.8. The number of esters is 1. The normalized spacial score (nSPS) is 17.4. The molecular weight excluding hydrogens is 254 g/mol. The second-order valence-electron chi connectivity index (χ2n) is 5.80. The summed E-state index contributed by atoms with van der Waals surface area (Å²) in [6, 6.07) is 6.42. The van der Waals surface area contributed by atoms with E-state index in [0.29, 0.717) is 6.04 Å². The smallest absolute Gasteiger partial charge is 0.329 e. The van der Waals surface area contributed by atoms with Gasteiger partial charge in [-0.15, -0.1) is 0 Å². The zero-order valence-corrected chi connectivity index (χ0v) is 12.7. The maximum Gasteiger partial charge on any atom is 0.329 e. The van der Waals surface area contributed by atoms with Crippen LogP contribution in [0.2, 0.25) is 0 Å². The molecule has 0 heterocycles. The van der Waals surface area contributed by atoms with E-state index in [9.17, 15) is 4.79 Å². The van der Waals surface area contributed by atoms with E-state index >= 15 is 0 Å². The highest BCUT2D eigenvalue weighted by atomic mass is 16.5. The lowest BCUT2D eigenvalue weighted by Gasteiger charge is -2.28. The van der Waals surface area contributed by atoms with Crippen LogP contribution in [0.3, 0.4) is 0 Å². The summed E-state index contributed by atoms with van der Waals surface area (Å²) < 4.78 is 10.7. The molecule has 1 atom stereocenters. The van der Waals surface area contributed by atoms with Gasteiger partial charge in [-0.25, -0.2) is 4.79 Å². The lowest BCUT2D eigenvalue weighted by molar-refractivity contribution is -0.149. The first-order valence-electron chi connectivity index (χ1n) is 7.01. The number of nitrogens with one attached hydrogen (secondary N) is 1. The van der Waals surface area contributed by atoms with Gasteiger partial charge in [-0.1, -0.05) is 17.7 Å². The van der Waals surface area contributed by atoms with Crippen LogP contribution in [0.4, 0.5) is 0 Å². The molecule has 0 saturated heterocycles. The quantitative estimate of drug-likeness (QED) is 0.811. The van der Waals surface area contributed by atoms with Crippen LogP contribution in [0.25, 0.3) is 0 Å². The first-order valence-corrected chi connectivity index (χ1v) is 7.01. The molecular formula is C16H23NO3. The number of aryl methyl sites for hydroxylation is 2. The molecule has 0 radical (unpaired) electrons. The van der Waals surface area contributed by atoms with Gasteiger partial charge in [0.25, 0.3) is 0 Å². The van der Waals surface area contributed by atoms with Crippen molar-refractivity contribution < 1.29 is 14.3 Å². The SMILES string of the molecule is COC(=O)C(C)(COc1ccc(C)cc1C)NC1CC1. The Morgan fingerprint density at radius 1 is 1.40 bits per heavy atom. The molecule has 20 heavy (non-hydrogen) atoms. The van der Waals surface area contributed by atoms with Gasteiger partial charge < -0.3 is 9.47 Å². The van der Waals surface area contributed by atoms with Crippen LogP contribution in [-0.4, -0.2) is 31.3 Å². The van der Waals surface area contributed by atoms with Crippen LogP contribution in [0.1, 0.15) is 30.9 Å². The summed E-state index contributed by atoms with van der Waals surface area (Å²) in [7, 11) is 1.41. The molecule has 0 bridgehead atoms. The highest BCUT2D eigenvalue weighted by Gasteiger charge is 2.40. The number of ether oxygens (including phenoxy) is 2. The first-order chi connectivity index (χ1) is 9.44. The van der Waals surface area contributed by atoms with Crippen molar-refractivity contribution in [2.45, 2.75) is 45.2 Å². The third kappa shape index (κ3) is 3.51. The molecule has 0 amide bonds. The van der Waals surface area contributed by atoms with Crippen molar-refractivity contribution in [3.05, 3.63) is 29.3 Å². The van der Waals surface area contributed by atoms with E-state index < -0.39 is 5.54 Å². The van der Waals surface area contributed by atoms with Gasteiger partial charge in [0.1, 0.15) is 17.9 Å². The summed E-state index contributed by atoms with van der Waals surface area (Å²) in [6.45, 7) is 6.15.